The van der Waals surface area contributed by atoms with Crippen molar-refractivity contribution in [1.29, 1.82) is 0 Å². The van der Waals surface area contributed by atoms with Crippen LogP contribution in [-0.4, -0.2) is 14.4 Å². The van der Waals surface area contributed by atoms with Crippen LogP contribution in [0, 0.1) is 11.3 Å². The van der Waals surface area contributed by atoms with Gasteiger partial charge in [-0.05, 0) is 5.41 Å². The zero-order valence-corrected chi connectivity index (χ0v) is 13.9. The predicted octanol–water partition coefficient (Wildman–Crippen LogP) is 3.95. The number of benzene rings is 1. The Hall–Kier alpha value is -1.15. The quantitative estimate of drug-likeness (QED) is 0.567. The van der Waals surface area contributed by atoms with Crippen LogP contribution in [0.4, 0.5) is 0 Å². The Balaban J connectivity index is 3.14. The first-order valence-electron chi connectivity index (χ1n) is 6.97. The maximum absolute atomic E-state index is 11.6. The van der Waals surface area contributed by atoms with Gasteiger partial charge in [0.05, 0.1) is 0 Å². The largest absolute Gasteiger partial charge is 0.303 e. The molecule has 0 saturated carbocycles. The SMILES string of the molecule is C=C(C(C=O)C(C)(C)CC)[Si](C)(C)c1ccccc1. The smallest absolute Gasteiger partial charge is 0.127 e. The Morgan fingerprint density at radius 1 is 1.32 bits per heavy atom. The highest BCUT2D eigenvalue weighted by Crippen LogP contribution is 2.36. The maximum Gasteiger partial charge on any atom is 0.127 e. The van der Waals surface area contributed by atoms with Gasteiger partial charge in [-0.2, -0.15) is 0 Å². The van der Waals surface area contributed by atoms with Gasteiger partial charge in [-0.1, -0.05) is 81.0 Å². The second-order valence-corrected chi connectivity index (χ2v) is 10.9. The Labute approximate surface area is 118 Å². The van der Waals surface area contributed by atoms with Gasteiger partial charge in [0.25, 0.3) is 0 Å². The van der Waals surface area contributed by atoms with Crippen LogP contribution in [0.25, 0.3) is 0 Å². The number of hydrogen-bond acceptors (Lipinski definition) is 1. The molecule has 0 amide bonds. The molecule has 1 atom stereocenters. The standard InChI is InChI=1S/C17H26OSi/c1-7-17(3,4)16(13-18)14(2)19(5,6)15-11-9-8-10-12-15/h8-13,16H,2,7H2,1,3-6H3. The lowest BCUT2D eigenvalue weighted by Gasteiger charge is -2.37. The first-order chi connectivity index (χ1) is 8.77. The zero-order chi connectivity index (χ0) is 14.7. The Bertz CT molecular complexity index is 446. The summed E-state index contributed by atoms with van der Waals surface area (Å²) in [6, 6.07) is 10.5. The third kappa shape index (κ3) is 3.24. The lowest BCUT2D eigenvalue weighted by atomic mass is 9.77. The van der Waals surface area contributed by atoms with E-state index >= 15 is 0 Å². The van der Waals surface area contributed by atoms with Gasteiger partial charge in [-0.15, -0.1) is 6.58 Å². The number of rotatable bonds is 6. The molecular formula is C17H26OSi. The van der Waals surface area contributed by atoms with E-state index in [-0.39, 0.29) is 11.3 Å². The summed E-state index contributed by atoms with van der Waals surface area (Å²) >= 11 is 0. The average Bonchev–Trinajstić information content (AvgIpc) is 2.40. The summed E-state index contributed by atoms with van der Waals surface area (Å²) in [6.45, 7) is 15.3. The van der Waals surface area contributed by atoms with Gasteiger partial charge in [-0.3, -0.25) is 0 Å². The summed E-state index contributed by atoms with van der Waals surface area (Å²) in [4.78, 5) is 11.6. The molecule has 1 nitrogen and oxygen atoms in total. The van der Waals surface area contributed by atoms with Crippen LogP contribution in [0.2, 0.25) is 13.1 Å². The fourth-order valence-electron chi connectivity index (χ4n) is 2.39. The molecule has 0 aliphatic rings. The molecule has 0 bridgehead atoms. The van der Waals surface area contributed by atoms with Crippen LogP contribution in [0.3, 0.4) is 0 Å². The van der Waals surface area contributed by atoms with Gasteiger partial charge < -0.3 is 4.79 Å². The van der Waals surface area contributed by atoms with Crippen molar-refractivity contribution in [2.45, 2.75) is 40.3 Å². The molecule has 1 aromatic carbocycles. The van der Waals surface area contributed by atoms with Crippen molar-refractivity contribution < 1.29 is 4.79 Å². The Kier molecular flexibility index (Phi) is 4.91. The van der Waals surface area contributed by atoms with Gasteiger partial charge in [0.15, 0.2) is 0 Å². The predicted molar refractivity (Wildman–Crippen MR) is 86.3 cm³/mol. The molecule has 1 rings (SSSR count). The Morgan fingerprint density at radius 3 is 2.26 bits per heavy atom. The van der Waals surface area contributed by atoms with Crippen LogP contribution in [0.15, 0.2) is 42.1 Å². The van der Waals surface area contributed by atoms with E-state index < -0.39 is 8.07 Å². The number of hydrogen-bond donors (Lipinski definition) is 0. The number of aldehydes is 1. The molecule has 1 unspecified atom stereocenters. The van der Waals surface area contributed by atoms with Crippen molar-refractivity contribution >= 4 is 19.5 Å². The molecule has 0 saturated heterocycles. The molecule has 0 spiro atoms. The average molecular weight is 274 g/mol. The van der Waals surface area contributed by atoms with E-state index in [0.717, 1.165) is 17.9 Å². The van der Waals surface area contributed by atoms with Crippen molar-refractivity contribution in [3.8, 4) is 0 Å². The van der Waals surface area contributed by atoms with Crippen LogP contribution in [0.5, 0.6) is 0 Å². The number of allylic oxidation sites excluding steroid dienone is 1. The minimum atomic E-state index is -1.82. The molecule has 0 heterocycles. The van der Waals surface area contributed by atoms with Crippen LogP contribution < -0.4 is 5.19 Å². The van der Waals surface area contributed by atoms with Crippen molar-refractivity contribution in [2.24, 2.45) is 11.3 Å². The first kappa shape index (κ1) is 15.9. The van der Waals surface area contributed by atoms with Crippen molar-refractivity contribution in [3.63, 3.8) is 0 Å². The fourth-order valence-corrected chi connectivity index (χ4v) is 5.02. The summed E-state index contributed by atoms with van der Waals surface area (Å²) in [5.74, 6) is -0.0561. The van der Waals surface area contributed by atoms with E-state index in [4.69, 9.17) is 0 Å². The van der Waals surface area contributed by atoms with E-state index in [1.807, 2.05) is 6.07 Å². The summed E-state index contributed by atoms with van der Waals surface area (Å²) in [7, 11) is -1.82. The highest BCUT2D eigenvalue weighted by atomic mass is 28.3. The highest BCUT2D eigenvalue weighted by Gasteiger charge is 2.38. The zero-order valence-electron chi connectivity index (χ0n) is 12.9. The molecule has 0 N–H and O–H groups in total. The number of carbonyl (C=O) groups excluding carboxylic acids is 1. The summed E-state index contributed by atoms with van der Waals surface area (Å²) in [6.07, 6.45) is 2.08. The van der Waals surface area contributed by atoms with Gasteiger partial charge in [0.2, 0.25) is 0 Å². The maximum atomic E-state index is 11.6. The highest BCUT2D eigenvalue weighted by molar-refractivity contribution is 6.95. The summed E-state index contributed by atoms with van der Waals surface area (Å²) in [5, 5.41) is 2.49. The van der Waals surface area contributed by atoms with Gasteiger partial charge in [-0.25, -0.2) is 0 Å². The first-order valence-corrected chi connectivity index (χ1v) is 9.97. The van der Waals surface area contributed by atoms with Crippen molar-refractivity contribution in [1.82, 2.24) is 0 Å². The van der Waals surface area contributed by atoms with Crippen molar-refractivity contribution in [2.75, 3.05) is 0 Å². The minimum absolute atomic E-state index is 0.0160. The molecule has 0 fully saturated rings. The third-order valence-corrected chi connectivity index (χ3v) is 8.26. The second kappa shape index (κ2) is 5.87. The molecule has 0 aliphatic heterocycles. The number of carbonyl (C=O) groups is 1. The molecular weight excluding hydrogens is 248 g/mol. The molecule has 19 heavy (non-hydrogen) atoms. The molecule has 1 aromatic rings. The summed E-state index contributed by atoms with van der Waals surface area (Å²) in [5.41, 5.74) is -0.0160. The second-order valence-electron chi connectivity index (χ2n) is 6.47. The third-order valence-electron chi connectivity index (χ3n) is 4.56. The molecule has 104 valence electrons. The normalized spacial score (nSPS) is 13.9. The lowest BCUT2D eigenvalue weighted by Crippen LogP contribution is -2.48. The molecule has 0 aromatic heterocycles. The van der Waals surface area contributed by atoms with E-state index in [1.165, 1.54) is 5.19 Å². The van der Waals surface area contributed by atoms with Gasteiger partial charge in [0.1, 0.15) is 14.4 Å². The Morgan fingerprint density at radius 2 is 1.84 bits per heavy atom. The van der Waals surface area contributed by atoms with Gasteiger partial charge >= 0.3 is 0 Å². The topological polar surface area (TPSA) is 17.1 Å². The molecule has 2 heteroatoms. The van der Waals surface area contributed by atoms with Crippen molar-refractivity contribution in [3.05, 3.63) is 42.1 Å². The van der Waals surface area contributed by atoms with Gasteiger partial charge in [0, 0.05) is 5.92 Å². The minimum Gasteiger partial charge on any atom is -0.303 e. The van der Waals surface area contributed by atoms with E-state index in [9.17, 15) is 4.79 Å². The van der Waals surface area contributed by atoms with Crippen LogP contribution in [0.1, 0.15) is 27.2 Å². The summed E-state index contributed by atoms with van der Waals surface area (Å²) < 4.78 is 0. The fraction of sp³-hybridized carbons (Fsp3) is 0.471. The monoisotopic (exact) mass is 274 g/mol. The van der Waals surface area contributed by atoms with E-state index in [2.05, 4.69) is 64.7 Å². The lowest BCUT2D eigenvalue weighted by molar-refractivity contribution is -0.112. The molecule has 0 radical (unpaired) electrons. The van der Waals surface area contributed by atoms with E-state index in [1.54, 1.807) is 0 Å². The van der Waals surface area contributed by atoms with Crippen LogP contribution >= 0.6 is 0 Å². The van der Waals surface area contributed by atoms with E-state index in [0.29, 0.717) is 0 Å². The molecule has 0 aliphatic carbocycles. The van der Waals surface area contributed by atoms with Crippen LogP contribution in [-0.2, 0) is 4.79 Å².